The minimum absolute atomic E-state index is 0.000616. The third-order valence-corrected chi connectivity index (χ3v) is 5.19. The van der Waals surface area contributed by atoms with Gasteiger partial charge in [-0.05, 0) is 38.2 Å². The molecule has 0 spiro atoms. The molecular formula is C17H23F3O3. The molecule has 1 saturated heterocycles. The van der Waals surface area contributed by atoms with Crippen LogP contribution in [0.2, 0.25) is 0 Å². The maximum Gasteiger partial charge on any atom is 0.401 e. The van der Waals surface area contributed by atoms with Gasteiger partial charge in [-0.15, -0.1) is 0 Å². The minimum Gasteiger partial charge on any atom is -0.462 e. The molecule has 6 heteroatoms. The lowest BCUT2D eigenvalue weighted by Gasteiger charge is -2.29. The second kappa shape index (κ2) is 6.65. The van der Waals surface area contributed by atoms with E-state index in [4.69, 9.17) is 4.74 Å². The number of hydrogen-bond donors (Lipinski definition) is 0. The van der Waals surface area contributed by atoms with E-state index < -0.39 is 17.4 Å². The number of hydrogen-bond acceptors (Lipinski definition) is 3. The van der Waals surface area contributed by atoms with Crippen LogP contribution < -0.4 is 0 Å². The van der Waals surface area contributed by atoms with E-state index in [1.54, 1.807) is 13.0 Å². The van der Waals surface area contributed by atoms with Crippen LogP contribution in [-0.2, 0) is 14.3 Å². The molecule has 0 aromatic rings. The first-order chi connectivity index (χ1) is 10.7. The Kier molecular flexibility index (Phi) is 5.21. The average molecular weight is 332 g/mol. The number of ether oxygens (including phenoxy) is 1. The van der Waals surface area contributed by atoms with E-state index in [9.17, 15) is 22.8 Å². The fourth-order valence-corrected chi connectivity index (χ4v) is 3.47. The molecule has 4 unspecified atom stereocenters. The highest BCUT2D eigenvalue weighted by Gasteiger charge is 2.54. The number of ketones is 1. The summed E-state index contributed by atoms with van der Waals surface area (Å²) in [5, 5.41) is 0. The van der Waals surface area contributed by atoms with E-state index in [1.807, 2.05) is 0 Å². The zero-order valence-corrected chi connectivity index (χ0v) is 13.5. The van der Waals surface area contributed by atoms with Gasteiger partial charge in [0.25, 0.3) is 0 Å². The Labute approximate surface area is 134 Å². The molecule has 0 amide bonds. The lowest BCUT2D eigenvalue weighted by atomic mass is 9.79. The predicted molar refractivity (Wildman–Crippen MR) is 78.5 cm³/mol. The van der Waals surface area contributed by atoms with E-state index in [1.165, 1.54) is 0 Å². The fraction of sp³-hybridized carbons (Fsp3) is 0.765. The Balaban J connectivity index is 2.08. The monoisotopic (exact) mass is 332 g/mol. The Hall–Kier alpha value is -1.33. The number of halogens is 3. The van der Waals surface area contributed by atoms with Gasteiger partial charge in [0.15, 0.2) is 5.78 Å². The van der Waals surface area contributed by atoms with Gasteiger partial charge in [-0.1, -0.05) is 25.8 Å². The summed E-state index contributed by atoms with van der Waals surface area (Å²) in [6, 6.07) is 0. The van der Waals surface area contributed by atoms with E-state index >= 15 is 0 Å². The van der Waals surface area contributed by atoms with Crippen molar-refractivity contribution in [2.75, 3.05) is 0 Å². The summed E-state index contributed by atoms with van der Waals surface area (Å²) in [5.41, 5.74) is -2.33. The van der Waals surface area contributed by atoms with Crippen molar-refractivity contribution in [2.45, 2.75) is 64.7 Å². The predicted octanol–water partition coefficient (Wildman–Crippen LogP) is 4.21. The normalized spacial score (nSPS) is 30.3. The van der Waals surface area contributed by atoms with Crippen LogP contribution in [0.3, 0.4) is 0 Å². The van der Waals surface area contributed by atoms with Gasteiger partial charge in [0.05, 0.1) is 6.42 Å². The standard InChI is InChI=1S/C17H23F3O3/c1-3-4-9-16(2,17(18,19)20)14(21)8-6-11-5-7-13-12(11)10-15(22)23-13/h6,8,11-13H,3-5,7,9-10H2,1-2H3/b8-6+. The van der Waals surface area contributed by atoms with Gasteiger partial charge in [-0.2, -0.15) is 13.2 Å². The summed E-state index contributed by atoms with van der Waals surface area (Å²) in [7, 11) is 0. The van der Waals surface area contributed by atoms with E-state index in [0.717, 1.165) is 19.4 Å². The summed E-state index contributed by atoms with van der Waals surface area (Å²) in [4.78, 5) is 23.5. The summed E-state index contributed by atoms with van der Waals surface area (Å²) >= 11 is 0. The molecule has 2 aliphatic rings. The number of rotatable bonds is 6. The zero-order valence-electron chi connectivity index (χ0n) is 13.5. The molecular weight excluding hydrogens is 309 g/mol. The van der Waals surface area contributed by atoms with Gasteiger partial charge in [0.1, 0.15) is 11.5 Å². The van der Waals surface area contributed by atoms with Crippen molar-refractivity contribution in [3.63, 3.8) is 0 Å². The van der Waals surface area contributed by atoms with Crippen LogP contribution in [0.25, 0.3) is 0 Å². The van der Waals surface area contributed by atoms with Gasteiger partial charge in [-0.3, -0.25) is 9.59 Å². The smallest absolute Gasteiger partial charge is 0.401 e. The van der Waals surface area contributed by atoms with Gasteiger partial charge >= 0.3 is 12.1 Å². The SMILES string of the molecule is CCCCC(C)(C(=O)/C=C/C1CCC2OC(=O)CC12)C(F)(F)F. The molecule has 130 valence electrons. The molecule has 2 fully saturated rings. The third kappa shape index (κ3) is 3.61. The molecule has 23 heavy (non-hydrogen) atoms. The van der Waals surface area contributed by atoms with Crippen molar-refractivity contribution in [3.05, 3.63) is 12.2 Å². The Morgan fingerprint density at radius 1 is 1.35 bits per heavy atom. The van der Waals surface area contributed by atoms with Crippen molar-refractivity contribution in [3.8, 4) is 0 Å². The minimum atomic E-state index is -4.56. The van der Waals surface area contributed by atoms with Crippen molar-refractivity contribution in [1.82, 2.24) is 0 Å². The van der Waals surface area contributed by atoms with Crippen LogP contribution in [0, 0.1) is 17.3 Å². The number of carbonyl (C=O) groups is 2. The molecule has 2 rings (SSSR count). The van der Waals surface area contributed by atoms with Crippen molar-refractivity contribution in [1.29, 1.82) is 0 Å². The maximum atomic E-state index is 13.3. The number of esters is 1. The average Bonchev–Trinajstić information content (AvgIpc) is 3.00. The molecule has 0 bridgehead atoms. The molecule has 1 heterocycles. The van der Waals surface area contributed by atoms with Crippen molar-refractivity contribution in [2.24, 2.45) is 17.3 Å². The van der Waals surface area contributed by atoms with Crippen LogP contribution in [0.1, 0.15) is 52.4 Å². The number of unbranched alkanes of at least 4 members (excludes halogenated alkanes) is 1. The Bertz CT molecular complexity index is 498. The molecule has 0 aromatic carbocycles. The van der Waals surface area contributed by atoms with Crippen LogP contribution in [0.4, 0.5) is 13.2 Å². The van der Waals surface area contributed by atoms with E-state index in [0.29, 0.717) is 25.7 Å². The molecule has 0 N–H and O–H groups in total. The Morgan fingerprint density at radius 2 is 2.04 bits per heavy atom. The fourth-order valence-electron chi connectivity index (χ4n) is 3.47. The molecule has 1 saturated carbocycles. The van der Waals surface area contributed by atoms with Crippen LogP contribution in [0.5, 0.6) is 0 Å². The third-order valence-electron chi connectivity index (χ3n) is 5.19. The first-order valence-corrected chi connectivity index (χ1v) is 8.18. The van der Waals surface area contributed by atoms with Crippen LogP contribution >= 0.6 is 0 Å². The Morgan fingerprint density at radius 3 is 2.65 bits per heavy atom. The highest BCUT2D eigenvalue weighted by atomic mass is 19.4. The number of allylic oxidation sites excluding steroid dienone is 2. The van der Waals surface area contributed by atoms with Crippen LogP contribution in [0.15, 0.2) is 12.2 Å². The molecule has 1 aliphatic heterocycles. The highest BCUT2D eigenvalue weighted by molar-refractivity contribution is 5.95. The lowest BCUT2D eigenvalue weighted by molar-refractivity contribution is -0.215. The molecule has 4 atom stereocenters. The number of carbonyl (C=O) groups excluding carboxylic acids is 2. The van der Waals surface area contributed by atoms with E-state index in [2.05, 4.69) is 0 Å². The largest absolute Gasteiger partial charge is 0.462 e. The van der Waals surface area contributed by atoms with Gasteiger partial charge in [0.2, 0.25) is 0 Å². The molecule has 0 radical (unpaired) electrons. The first kappa shape index (κ1) is 18.0. The summed E-state index contributed by atoms with van der Waals surface area (Å²) in [5.74, 6) is -1.21. The quantitative estimate of drug-likeness (QED) is 0.540. The molecule has 1 aliphatic carbocycles. The highest BCUT2D eigenvalue weighted by Crippen LogP contribution is 2.44. The number of alkyl halides is 3. The van der Waals surface area contributed by atoms with Gasteiger partial charge < -0.3 is 4.74 Å². The summed E-state index contributed by atoms with van der Waals surface area (Å²) in [6.45, 7) is 2.78. The molecule has 3 nitrogen and oxygen atoms in total. The van der Waals surface area contributed by atoms with Gasteiger partial charge in [-0.25, -0.2) is 0 Å². The van der Waals surface area contributed by atoms with Crippen LogP contribution in [-0.4, -0.2) is 24.0 Å². The second-order valence-electron chi connectivity index (χ2n) is 6.79. The first-order valence-electron chi connectivity index (χ1n) is 8.18. The maximum absolute atomic E-state index is 13.3. The lowest BCUT2D eigenvalue weighted by Crippen LogP contribution is -2.41. The second-order valence-corrected chi connectivity index (χ2v) is 6.79. The number of fused-ring (bicyclic) bond motifs is 1. The van der Waals surface area contributed by atoms with E-state index in [-0.39, 0.29) is 30.3 Å². The van der Waals surface area contributed by atoms with Crippen molar-refractivity contribution >= 4 is 11.8 Å². The summed E-state index contributed by atoms with van der Waals surface area (Å²) in [6.07, 6.45) is 0.449. The molecule has 0 aromatic heterocycles. The van der Waals surface area contributed by atoms with Crippen molar-refractivity contribution < 1.29 is 27.5 Å². The zero-order chi connectivity index (χ0) is 17.3. The van der Waals surface area contributed by atoms with Gasteiger partial charge in [0, 0.05) is 5.92 Å². The topological polar surface area (TPSA) is 43.4 Å². The summed E-state index contributed by atoms with van der Waals surface area (Å²) < 4.78 is 45.1.